The number of hydrogen-bond acceptors (Lipinski definition) is 5. The topological polar surface area (TPSA) is 65.7 Å². The van der Waals surface area contributed by atoms with Crippen LogP contribution in [0.1, 0.15) is 35.5 Å². The van der Waals surface area contributed by atoms with Crippen LogP contribution in [0.15, 0.2) is 57.7 Å². The van der Waals surface area contributed by atoms with Crippen molar-refractivity contribution in [2.24, 2.45) is 0 Å². The summed E-state index contributed by atoms with van der Waals surface area (Å²) in [5.74, 6) is -0.0231. The van der Waals surface area contributed by atoms with Crippen molar-refractivity contribution in [1.29, 1.82) is 0 Å². The Balaban J connectivity index is 2.10. The van der Waals surface area contributed by atoms with Crippen molar-refractivity contribution in [3.63, 3.8) is 0 Å². The van der Waals surface area contributed by atoms with E-state index in [0.717, 1.165) is 5.56 Å². The Hall–Kier alpha value is -3.34. The van der Waals surface area contributed by atoms with Gasteiger partial charge in [-0.05, 0) is 43.7 Å². The monoisotopic (exact) mass is 364 g/mol. The molecule has 0 atom stereocenters. The highest BCUT2D eigenvalue weighted by molar-refractivity contribution is 5.94. The summed E-state index contributed by atoms with van der Waals surface area (Å²) >= 11 is 0. The summed E-state index contributed by atoms with van der Waals surface area (Å²) < 4.78 is 16.4. The molecule has 0 aliphatic rings. The molecule has 0 amide bonds. The number of rotatable bonds is 6. The molecule has 138 valence electrons. The molecular weight excluding hydrogens is 344 g/mol. The van der Waals surface area contributed by atoms with E-state index >= 15 is 0 Å². The SMILES string of the molecule is CCOC(=O)c1ccc2oc(/C=C\c3ccccc3)c(OCC)c(=O)c2c1. The largest absolute Gasteiger partial charge is 0.487 e. The van der Waals surface area contributed by atoms with Gasteiger partial charge in [-0.3, -0.25) is 4.79 Å². The summed E-state index contributed by atoms with van der Waals surface area (Å²) in [6, 6.07) is 14.3. The minimum absolute atomic E-state index is 0.123. The molecule has 1 aromatic heterocycles. The fourth-order valence-corrected chi connectivity index (χ4v) is 2.66. The van der Waals surface area contributed by atoms with Crippen molar-refractivity contribution in [3.05, 3.63) is 75.6 Å². The van der Waals surface area contributed by atoms with Gasteiger partial charge in [0.05, 0.1) is 24.2 Å². The number of ether oxygens (including phenoxy) is 2. The molecular formula is C22H20O5. The standard InChI is InChI=1S/C22H20O5/c1-3-25-21-19(12-10-15-8-6-5-7-9-15)27-18-13-11-16(22(24)26-4-2)14-17(18)20(21)23/h5-14H,3-4H2,1-2H3/b12-10-. The summed E-state index contributed by atoms with van der Waals surface area (Å²) in [5, 5.41) is 0.279. The maximum atomic E-state index is 12.9. The van der Waals surface area contributed by atoms with Crippen molar-refractivity contribution in [3.8, 4) is 5.75 Å². The van der Waals surface area contributed by atoms with Gasteiger partial charge in [0.1, 0.15) is 5.58 Å². The van der Waals surface area contributed by atoms with Crippen molar-refractivity contribution >= 4 is 29.1 Å². The van der Waals surface area contributed by atoms with Crippen LogP contribution in [0, 0.1) is 0 Å². The molecule has 2 aromatic carbocycles. The number of benzene rings is 2. The Labute approximate surface area is 156 Å². The molecule has 0 aliphatic carbocycles. The van der Waals surface area contributed by atoms with Crippen LogP contribution < -0.4 is 10.2 Å². The lowest BCUT2D eigenvalue weighted by Crippen LogP contribution is -2.11. The van der Waals surface area contributed by atoms with E-state index in [0.29, 0.717) is 23.5 Å². The van der Waals surface area contributed by atoms with E-state index in [9.17, 15) is 9.59 Å². The van der Waals surface area contributed by atoms with Gasteiger partial charge in [0.2, 0.25) is 11.2 Å². The lowest BCUT2D eigenvalue weighted by atomic mass is 10.1. The molecule has 0 fully saturated rings. The molecule has 5 heteroatoms. The number of esters is 1. The average Bonchev–Trinajstić information content (AvgIpc) is 2.69. The van der Waals surface area contributed by atoms with E-state index in [-0.39, 0.29) is 23.2 Å². The van der Waals surface area contributed by atoms with Gasteiger partial charge in [-0.2, -0.15) is 0 Å². The summed E-state index contributed by atoms with van der Waals surface area (Å²) in [4.78, 5) is 24.9. The molecule has 0 saturated carbocycles. The van der Waals surface area contributed by atoms with Crippen LogP contribution in [0.25, 0.3) is 23.1 Å². The lowest BCUT2D eigenvalue weighted by Gasteiger charge is -2.09. The van der Waals surface area contributed by atoms with Crippen LogP contribution in [0.2, 0.25) is 0 Å². The first-order valence-corrected chi connectivity index (χ1v) is 8.78. The molecule has 0 unspecified atom stereocenters. The Kier molecular flexibility index (Phi) is 5.71. The van der Waals surface area contributed by atoms with Crippen LogP contribution in [-0.2, 0) is 4.74 Å². The minimum atomic E-state index is -0.482. The zero-order valence-electron chi connectivity index (χ0n) is 15.2. The predicted octanol–water partition coefficient (Wildman–Crippen LogP) is 4.54. The molecule has 0 aliphatic heterocycles. The van der Waals surface area contributed by atoms with Gasteiger partial charge >= 0.3 is 5.97 Å². The van der Waals surface area contributed by atoms with Crippen molar-refractivity contribution in [2.45, 2.75) is 13.8 Å². The average molecular weight is 364 g/mol. The fraction of sp³-hybridized carbons (Fsp3) is 0.182. The third-order valence-electron chi connectivity index (χ3n) is 3.90. The molecule has 3 rings (SSSR count). The second-order valence-corrected chi connectivity index (χ2v) is 5.73. The van der Waals surface area contributed by atoms with Gasteiger partial charge in [0, 0.05) is 0 Å². The second-order valence-electron chi connectivity index (χ2n) is 5.73. The molecule has 0 N–H and O–H groups in total. The Morgan fingerprint density at radius 2 is 1.81 bits per heavy atom. The van der Waals surface area contributed by atoms with E-state index < -0.39 is 5.97 Å². The first-order valence-electron chi connectivity index (χ1n) is 8.78. The second kappa shape index (κ2) is 8.36. The molecule has 1 heterocycles. The van der Waals surface area contributed by atoms with Gasteiger partial charge in [0.25, 0.3) is 0 Å². The van der Waals surface area contributed by atoms with Crippen LogP contribution in [0.4, 0.5) is 0 Å². The number of carbonyl (C=O) groups is 1. The maximum Gasteiger partial charge on any atom is 0.338 e. The molecule has 0 radical (unpaired) electrons. The molecule has 5 nitrogen and oxygen atoms in total. The summed E-state index contributed by atoms with van der Waals surface area (Å²) in [6.07, 6.45) is 3.56. The van der Waals surface area contributed by atoms with Crippen molar-refractivity contribution in [1.82, 2.24) is 0 Å². The fourth-order valence-electron chi connectivity index (χ4n) is 2.66. The molecule has 0 saturated heterocycles. The summed E-state index contributed by atoms with van der Waals surface area (Å²) in [6.45, 7) is 4.11. The van der Waals surface area contributed by atoms with E-state index in [4.69, 9.17) is 13.9 Å². The van der Waals surface area contributed by atoms with E-state index in [1.807, 2.05) is 36.4 Å². The van der Waals surface area contributed by atoms with Crippen LogP contribution >= 0.6 is 0 Å². The molecule has 0 spiro atoms. The first kappa shape index (κ1) is 18.5. The number of hydrogen-bond donors (Lipinski definition) is 0. The van der Waals surface area contributed by atoms with Gasteiger partial charge in [-0.25, -0.2) is 4.79 Å². The quantitative estimate of drug-likeness (QED) is 0.601. The smallest absolute Gasteiger partial charge is 0.338 e. The van der Waals surface area contributed by atoms with E-state index in [2.05, 4.69) is 0 Å². The van der Waals surface area contributed by atoms with Gasteiger partial charge in [-0.15, -0.1) is 0 Å². The van der Waals surface area contributed by atoms with Crippen LogP contribution in [-0.4, -0.2) is 19.2 Å². The van der Waals surface area contributed by atoms with Crippen molar-refractivity contribution in [2.75, 3.05) is 13.2 Å². The lowest BCUT2D eigenvalue weighted by molar-refractivity contribution is 0.0526. The number of carbonyl (C=O) groups excluding carboxylic acids is 1. The normalized spacial score (nSPS) is 11.0. The first-order chi connectivity index (χ1) is 13.1. The van der Waals surface area contributed by atoms with E-state index in [1.165, 1.54) is 6.07 Å². The van der Waals surface area contributed by atoms with Crippen molar-refractivity contribution < 1.29 is 18.7 Å². The van der Waals surface area contributed by atoms with Gasteiger partial charge in [0.15, 0.2) is 5.76 Å². The number of fused-ring (bicyclic) bond motifs is 1. The van der Waals surface area contributed by atoms with Gasteiger partial charge < -0.3 is 13.9 Å². The molecule has 27 heavy (non-hydrogen) atoms. The predicted molar refractivity (Wildman–Crippen MR) is 105 cm³/mol. The van der Waals surface area contributed by atoms with Crippen LogP contribution in [0.3, 0.4) is 0 Å². The summed E-state index contributed by atoms with van der Waals surface area (Å²) in [7, 11) is 0. The maximum absolute atomic E-state index is 12.9. The Morgan fingerprint density at radius 1 is 1.04 bits per heavy atom. The molecule has 0 bridgehead atoms. The highest BCUT2D eigenvalue weighted by Crippen LogP contribution is 2.24. The molecule has 3 aromatic rings. The zero-order valence-corrected chi connectivity index (χ0v) is 15.2. The third kappa shape index (κ3) is 4.08. The summed E-state index contributed by atoms with van der Waals surface area (Å²) in [5.41, 5.74) is 1.33. The zero-order chi connectivity index (χ0) is 19.2. The van der Waals surface area contributed by atoms with Gasteiger partial charge in [-0.1, -0.05) is 36.4 Å². The Bertz CT molecular complexity index is 1030. The Morgan fingerprint density at radius 3 is 2.52 bits per heavy atom. The highest BCUT2D eigenvalue weighted by Gasteiger charge is 2.16. The van der Waals surface area contributed by atoms with Crippen LogP contribution in [0.5, 0.6) is 5.75 Å². The minimum Gasteiger partial charge on any atom is -0.487 e. The third-order valence-corrected chi connectivity index (χ3v) is 3.90. The highest BCUT2D eigenvalue weighted by atomic mass is 16.5. The van der Waals surface area contributed by atoms with E-state index in [1.54, 1.807) is 32.1 Å².